The van der Waals surface area contributed by atoms with Crippen molar-refractivity contribution in [1.82, 2.24) is 4.31 Å². The van der Waals surface area contributed by atoms with Crippen LogP contribution in [-0.4, -0.2) is 25.8 Å². The molecular weight excluding hydrogens is 326 g/mol. The summed E-state index contributed by atoms with van der Waals surface area (Å²) in [6, 6.07) is 5.41. The second-order valence-corrected chi connectivity index (χ2v) is 8.50. The Labute approximate surface area is 124 Å². The first-order chi connectivity index (χ1) is 8.80. The number of sulfonamides is 1. The molecule has 0 saturated carbocycles. The summed E-state index contributed by atoms with van der Waals surface area (Å²) in [6.45, 7) is 7.32. The van der Waals surface area contributed by atoms with Gasteiger partial charge >= 0.3 is 0 Å². The number of aryl methyl sites for hydroxylation is 1. The van der Waals surface area contributed by atoms with E-state index < -0.39 is 10.0 Å². The molecule has 0 aliphatic carbocycles. The summed E-state index contributed by atoms with van der Waals surface area (Å²) in [5.74, 6) is 0.844. The van der Waals surface area contributed by atoms with Crippen LogP contribution in [0.15, 0.2) is 27.6 Å². The molecule has 0 N–H and O–H groups in total. The SMILES string of the molecule is Cc1ccc(Br)cc1S(=O)(=O)N1C[C@@H](C)C[C@H](C)C1. The van der Waals surface area contributed by atoms with Crippen molar-refractivity contribution in [3.63, 3.8) is 0 Å². The third-order valence-electron chi connectivity index (χ3n) is 3.60. The highest BCUT2D eigenvalue weighted by Crippen LogP contribution is 2.29. The van der Waals surface area contributed by atoms with Crippen molar-refractivity contribution in [1.29, 1.82) is 0 Å². The second kappa shape index (κ2) is 5.54. The Kier molecular flexibility index (Phi) is 4.38. The zero-order chi connectivity index (χ0) is 14.2. The number of halogens is 1. The van der Waals surface area contributed by atoms with Gasteiger partial charge in [-0.25, -0.2) is 8.42 Å². The summed E-state index contributed by atoms with van der Waals surface area (Å²) in [4.78, 5) is 0.420. The Morgan fingerprint density at radius 1 is 1.21 bits per heavy atom. The molecule has 0 spiro atoms. The molecule has 1 aromatic rings. The van der Waals surface area contributed by atoms with E-state index in [9.17, 15) is 8.42 Å². The third kappa shape index (κ3) is 3.20. The molecule has 1 aliphatic rings. The van der Waals surface area contributed by atoms with Crippen LogP contribution >= 0.6 is 15.9 Å². The van der Waals surface area contributed by atoms with E-state index in [4.69, 9.17) is 0 Å². The zero-order valence-electron chi connectivity index (χ0n) is 11.6. The number of rotatable bonds is 2. The van der Waals surface area contributed by atoms with Crippen LogP contribution in [0.3, 0.4) is 0 Å². The molecule has 0 radical (unpaired) electrons. The van der Waals surface area contributed by atoms with Crippen molar-refractivity contribution >= 4 is 26.0 Å². The maximum atomic E-state index is 12.8. The number of nitrogens with zero attached hydrogens (tertiary/aromatic N) is 1. The monoisotopic (exact) mass is 345 g/mol. The lowest BCUT2D eigenvalue weighted by atomic mass is 9.94. The van der Waals surface area contributed by atoms with E-state index in [-0.39, 0.29) is 0 Å². The fraction of sp³-hybridized carbons (Fsp3) is 0.571. The number of hydrogen-bond donors (Lipinski definition) is 0. The molecule has 1 fully saturated rings. The van der Waals surface area contributed by atoms with Gasteiger partial charge < -0.3 is 0 Å². The van der Waals surface area contributed by atoms with Gasteiger partial charge in [-0.1, -0.05) is 35.8 Å². The number of piperidine rings is 1. The Bertz CT molecular complexity index is 561. The summed E-state index contributed by atoms with van der Waals surface area (Å²) in [5, 5.41) is 0. The third-order valence-corrected chi connectivity index (χ3v) is 6.07. The van der Waals surface area contributed by atoms with Crippen LogP contribution in [0.1, 0.15) is 25.8 Å². The van der Waals surface area contributed by atoms with E-state index in [1.807, 2.05) is 19.1 Å². The standard InChI is InChI=1S/C14H20BrNO2S/c1-10-6-11(2)9-16(8-10)19(17,18)14-7-13(15)5-4-12(14)3/h4-5,7,10-11H,6,8-9H2,1-3H3/t10-,11-/m0/s1. The highest BCUT2D eigenvalue weighted by molar-refractivity contribution is 9.10. The maximum absolute atomic E-state index is 12.8. The predicted octanol–water partition coefficient (Wildman–Crippen LogP) is 3.42. The quantitative estimate of drug-likeness (QED) is 0.823. The van der Waals surface area contributed by atoms with Crippen LogP contribution in [0.2, 0.25) is 0 Å². The van der Waals surface area contributed by atoms with Gasteiger partial charge in [0.2, 0.25) is 10.0 Å². The van der Waals surface area contributed by atoms with Gasteiger partial charge in [0.05, 0.1) is 4.90 Å². The van der Waals surface area contributed by atoms with Gasteiger partial charge in [0.15, 0.2) is 0 Å². The molecule has 2 atom stereocenters. The first-order valence-electron chi connectivity index (χ1n) is 6.57. The smallest absolute Gasteiger partial charge is 0.207 e. The minimum absolute atomic E-state index is 0.420. The second-order valence-electron chi connectivity index (χ2n) is 5.68. The molecule has 1 heterocycles. The van der Waals surface area contributed by atoms with Crippen LogP contribution in [-0.2, 0) is 10.0 Å². The van der Waals surface area contributed by atoms with E-state index in [0.29, 0.717) is 29.8 Å². The van der Waals surface area contributed by atoms with Crippen molar-refractivity contribution in [2.75, 3.05) is 13.1 Å². The van der Waals surface area contributed by atoms with E-state index in [2.05, 4.69) is 29.8 Å². The molecule has 106 valence electrons. The van der Waals surface area contributed by atoms with Crippen LogP contribution in [0.4, 0.5) is 0 Å². The van der Waals surface area contributed by atoms with Crippen LogP contribution in [0.5, 0.6) is 0 Å². The molecule has 0 aromatic heterocycles. The molecule has 0 amide bonds. The molecule has 19 heavy (non-hydrogen) atoms. The van der Waals surface area contributed by atoms with Crippen molar-refractivity contribution in [3.8, 4) is 0 Å². The van der Waals surface area contributed by atoms with E-state index in [1.165, 1.54) is 0 Å². The Hall–Kier alpha value is -0.390. The Morgan fingerprint density at radius 2 is 1.79 bits per heavy atom. The fourth-order valence-electron chi connectivity index (χ4n) is 2.79. The highest BCUT2D eigenvalue weighted by atomic mass is 79.9. The minimum atomic E-state index is -3.38. The lowest BCUT2D eigenvalue weighted by Crippen LogP contribution is -2.42. The van der Waals surface area contributed by atoms with Crippen molar-refractivity contribution in [2.24, 2.45) is 11.8 Å². The molecule has 1 aliphatic heterocycles. The molecule has 0 bridgehead atoms. The van der Waals surface area contributed by atoms with Crippen molar-refractivity contribution in [2.45, 2.75) is 32.1 Å². The van der Waals surface area contributed by atoms with Gasteiger partial charge in [0, 0.05) is 17.6 Å². The van der Waals surface area contributed by atoms with Crippen molar-refractivity contribution < 1.29 is 8.42 Å². The van der Waals surface area contributed by atoms with Gasteiger partial charge in [0.1, 0.15) is 0 Å². The molecule has 3 nitrogen and oxygen atoms in total. The van der Waals surface area contributed by atoms with Crippen LogP contribution in [0, 0.1) is 18.8 Å². The lowest BCUT2D eigenvalue weighted by molar-refractivity contribution is 0.222. The van der Waals surface area contributed by atoms with E-state index in [0.717, 1.165) is 16.5 Å². The van der Waals surface area contributed by atoms with Crippen LogP contribution < -0.4 is 0 Å². The number of hydrogen-bond acceptors (Lipinski definition) is 2. The summed E-state index contributed by atoms with van der Waals surface area (Å²) in [7, 11) is -3.38. The minimum Gasteiger partial charge on any atom is -0.207 e. The predicted molar refractivity (Wildman–Crippen MR) is 80.6 cm³/mol. The number of benzene rings is 1. The molecule has 5 heteroatoms. The van der Waals surface area contributed by atoms with Crippen molar-refractivity contribution in [3.05, 3.63) is 28.2 Å². The summed E-state index contributed by atoms with van der Waals surface area (Å²) in [6.07, 6.45) is 1.10. The normalized spacial score (nSPS) is 25.5. The topological polar surface area (TPSA) is 37.4 Å². The van der Waals surface area contributed by atoms with Gasteiger partial charge in [0.25, 0.3) is 0 Å². The molecular formula is C14H20BrNO2S. The zero-order valence-corrected chi connectivity index (χ0v) is 14.0. The highest BCUT2D eigenvalue weighted by Gasteiger charge is 2.32. The van der Waals surface area contributed by atoms with Gasteiger partial charge in [-0.05, 0) is 42.9 Å². The Morgan fingerprint density at radius 3 is 2.37 bits per heavy atom. The van der Waals surface area contributed by atoms with Crippen LogP contribution in [0.25, 0.3) is 0 Å². The average molecular weight is 346 g/mol. The maximum Gasteiger partial charge on any atom is 0.243 e. The average Bonchev–Trinajstić information content (AvgIpc) is 2.31. The first-order valence-corrected chi connectivity index (χ1v) is 8.80. The molecule has 1 saturated heterocycles. The van der Waals surface area contributed by atoms with E-state index >= 15 is 0 Å². The molecule has 1 aromatic carbocycles. The fourth-order valence-corrected chi connectivity index (χ4v) is 5.24. The molecule has 2 rings (SSSR count). The first kappa shape index (κ1) is 15.0. The summed E-state index contributed by atoms with van der Waals surface area (Å²) >= 11 is 3.35. The van der Waals surface area contributed by atoms with E-state index in [1.54, 1.807) is 10.4 Å². The summed E-state index contributed by atoms with van der Waals surface area (Å²) < 4.78 is 28.0. The summed E-state index contributed by atoms with van der Waals surface area (Å²) in [5.41, 5.74) is 0.800. The van der Waals surface area contributed by atoms with Gasteiger partial charge in [-0.3, -0.25) is 0 Å². The lowest BCUT2D eigenvalue weighted by Gasteiger charge is -2.34. The van der Waals surface area contributed by atoms with Gasteiger partial charge in [-0.2, -0.15) is 4.31 Å². The largest absolute Gasteiger partial charge is 0.243 e. The molecule has 0 unspecified atom stereocenters. The van der Waals surface area contributed by atoms with Gasteiger partial charge in [-0.15, -0.1) is 0 Å². The Balaban J connectivity index is 2.39.